The maximum Gasteiger partial charge on any atom is 0.234 e. The van der Waals surface area contributed by atoms with Crippen molar-refractivity contribution in [1.29, 1.82) is 0 Å². The highest BCUT2D eigenvalue weighted by Gasteiger charge is 2.12. The van der Waals surface area contributed by atoms with Crippen molar-refractivity contribution in [1.82, 2.24) is 5.32 Å². The summed E-state index contributed by atoms with van der Waals surface area (Å²) in [5.41, 5.74) is 5.30. The number of hydrogen-bond donors (Lipinski definition) is 2. The largest absolute Gasteiger partial charge is 0.368 e. The molecule has 0 radical (unpaired) electrons. The van der Waals surface area contributed by atoms with E-state index in [0.717, 1.165) is 19.4 Å². The molecule has 3 heteroatoms. The molecule has 0 spiro atoms. The minimum atomic E-state index is -0.215. The quantitative estimate of drug-likeness (QED) is 0.534. The number of rotatable bonds is 11. The summed E-state index contributed by atoms with van der Waals surface area (Å²) in [7, 11) is 0. The van der Waals surface area contributed by atoms with E-state index in [0.29, 0.717) is 0 Å². The van der Waals surface area contributed by atoms with Crippen LogP contribution in [0, 0.1) is 0 Å². The van der Waals surface area contributed by atoms with Crippen LogP contribution in [0.5, 0.6) is 0 Å². The average molecular weight is 228 g/mol. The summed E-state index contributed by atoms with van der Waals surface area (Å²) in [6.45, 7) is 5.04. The van der Waals surface area contributed by atoms with E-state index < -0.39 is 0 Å². The lowest BCUT2D eigenvalue weighted by atomic mass is 10.0. The highest BCUT2D eigenvalue weighted by atomic mass is 16.1. The summed E-state index contributed by atoms with van der Waals surface area (Å²) in [6.07, 6.45) is 9.82. The fourth-order valence-corrected chi connectivity index (χ4v) is 1.90. The molecule has 3 N–H and O–H groups in total. The van der Waals surface area contributed by atoms with Gasteiger partial charge in [-0.05, 0) is 13.0 Å². The van der Waals surface area contributed by atoms with Crippen LogP contribution in [0.4, 0.5) is 0 Å². The van der Waals surface area contributed by atoms with Crippen LogP contribution < -0.4 is 11.1 Å². The first-order chi connectivity index (χ1) is 7.72. The molecule has 0 rings (SSSR count). The van der Waals surface area contributed by atoms with Gasteiger partial charge in [0, 0.05) is 0 Å². The molecule has 0 aliphatic carbocycles. The van der Waals surface area contributed by atoms with E-state index in [-0.39, 0.29) is 11.9 Å². The van der Waals surface area contributed by atoms with E-state index in [4.69, 9.17) is 5.73 Å². The van der Waals surface area contributed by atoms with Crippen LogP contribution in [0.3, 0.4) is 0 Å². The zero-order valence-electron chi connectivity index (χ0n) is 10.9. The first-order valence-electron chi connectivity index (χ1n) is 6.75. The van der Waals surface area contributed by atoms with Crippen molar-refractivity contribution in [3.8, 4) is 0 Å². The zero-order valence-corrected chi connectivity index (χ0v) is 10.9. The number of unbranched alkanes of at least 4 members (excludes halogenated alkanes) is 6. The lowest BCUT2D eigenvalue weighted by Gasteiger charge is -2.13. The highest BCUT2D eigenvalue weighted by Crippen LogP contribution is 2.09. The molecule has 0 saturated heterocycles. The standard InChI is InChI=1S/C13H28N2O/c1-3-5-6-7-8-9-10-11-12(13(14)16)15-4-2/h12,15H,3-11H2,1-2H3,(H2,14,16). The summed E-state index contributed by atoms with van der Waals surface area (Å²) in [5, 5.41) is 3.12. The first-order valence-corrected chi connectivity index (χ1v) is 6.75. The molecule has 3 nitrogen and oxygen atoms in total. The second kappa shape index (κ2) is 10.9. The molecule has 0 aliphatic heterocycles. The Morgan fingerprint density at radius 1 is 1.06 bits per heavy atom. The van der Waals surface area contributed by atoms with Gasteiger partial charge in [0.25, 0.3) is 0 Å². The van der Waals surface area contributed by atoms with Gasteiger partial charge >= 0.3 is 0 Å². The molecule has 0 heterocycles. The van der Waals surface area contributed by atoms with Crippen molar-refractivity contribution in [2.24, 2.45) is 5.73 Å². The fourth-order valence-electron chi connectivity index (χ4n) is 1.90. The summed E-state index contributed by atoms with van der Waals surface area (Å²) in [6, 6.07) is -0.124. The van der Waals surface area contributed by atoms with Crippen molar-refractivity contribution in [2.75, 3.05) is 6.54 Å². The molecule has 0 saturated carbocycles. The molecular formula is C13H28N2O. The van der Waals surface area contributed by atoms with Crippen molar-refractivity contribution >= 4 is 5.91 Å². The normalized spacial score (nSPS) is 12.6. The maximum atomic E-state index is 11.1. The third-order valence-corrected chi connectivity index (χ3v) is 2.89. The van der Waals surface area contributed by atoms with Gasteiger partial charge in [-0.2, -0.15) is 0 Å². The predicted molar refractivity (Wildman–Crippen MR) is 69.3 cm³/mol. The molecule has 0 aliphatic rings. The van der Waals surface area contributed by atoms with Gasteiger partial charge in [-0.15, -0.1) is 0 Å². The van der Waals surface area contributed by atoms with Gasteiger partial charge in [0.05, 0.1) is 6.04 Å². The van der Waals surface area contributed by atoms with Crippen LogP contribution in [-0.2, 0) is 4.79 Å². The molecule has 1 unspecified atom stereocenters. The molecule has 0 bridgehead atoms. The Morgan fingerprint density at radius 2 is 1.62 bits per heavy atom. The fraction of sp³-hybridized carbons (Fsp3) is 0.923. The first kappa shape index (κ1) is 15.4. The summed E-state index contributed by atoms with van der Waals surface area (Å²) < 4.78 is 0. The van der Waals surface area contributed by atoms with Gasteiger partial charge in [-0.3, -0.25) is 4.79 Å². The average Bonchev–Trinajstić information content (AvgIpc) is 2.26. The van der Waals surface area contributed by atoms with Crippen LogP contribution >= 0.6 is 0 Å². The van der Waals surface area contributed by atoms with E-state index >= 15 is 0 Å². The Hall–Kier alpha value is -0.570. The van der Waals surface area contributed by atoms with Crippen LogP contribution in [-0.4, -0.2) is 18.5 Å². The lowest BCUT2D eigenvalue weighted by molar-refractivity contribution is -0.120. The third-order valence-electron chi connectivity index (χ3n) is 2.89. The number of nitrogens with one attached hydrogen (secondary N) is 1. The molecule has 0 fully saturated rings. The van der Waals surface area contributed by atoms with Crippen molar-refractivity contribution in [3.05, 3.63) is 0 Å². The molecule has 0 aromatic heterocycles. The Bertz CT molecular complexity index is 171. The topological polar surface area (TPSA) is 55.1 Å². The second-order valence-corrected chi connectivity index (χ2v) is 4.42. The molecule has 0 aromatic rings. The summed E-state index contributed by atoms with van der Waals surface area (Å²) in [5.74, 6) is -0.215. The van der Waals surface area contributed by atoms with Crippen LogP contribution in [0.15, 0.2) is 0 Å². The van der Waals surface area contributed by atoms with Gasteiger partial charge in [-0.1, -0.05) is 58.8 Å². The monoisotopic (exact) mass is 228 g/mol. The van der Waals surface area contributed by atoms with E-state index in [2.05, 4.69) is 12.2 Å². The van der Waals surface area contributed by atoms with E-state index in [1.165, 1.54) is 38.5 Å². The Morgan fingerprint density at radius 3 is 2.12 bits per heavy atom. The highest BCUT2D eigenvalue weighted by molar-refractivity contribution is 5.79. The van der Waals surface area contributed by atoms with Gasteiger partial charge in [0.15, 0.2) is 0 Å². The summed E-state index contributed by atoms with van der Waals surface area (Å²) in [4.78, 5) is 11.1. The number of amides is 1. The van der Waals surface area contributed by atoms with Gasteiger partial charge < -0.3 is 11.1 Å². The third kappa shape index (κ3) is 8.72. The molecule has 1 atom stereocenters. The number of nitrogens with two attached hydrogens (primary N) is 1. The Kier molecular flexibility index (Phi) is 10.5. The lowest BCUT2D eigenvalue weighted by Crippen LogP contribution is -2.41. The van der Waals surface area contributed by atoms with Crippen LogP contribution in [0.1, 0.15) is 65.2 Å². The second-order valence-electron chi connectivity index (χ2n) is 4.42. The maximum absolute atomic E-state index is 11.1. The minimum Gasteiger partial charge on any atom is -0.368 e. The molecular weight excluding hydrogens is 200 g/mol. The SMILES string of the molecule is CCCCCCCCCC(NCC)C(N)=O. The summed E-state index contributed by atoms with van der Waals surface area (Å²) >= 11 is 0. The molecule has 1 amide bonds. The van der Waals surface area contributed by atoms with Crippen molar-refractivity contribution in [3.63, 3.8) is 0 Å². The molecule has 96 valence electrons. The van der Waals surface area contributed by atoms with Crippen molar-refractivity contribution in [2.45, 2.75) is 71.3 Å². The number of carbonyl (C=O) groups excluding carboxylic acids is 1. The zero-order chi connectivity index (χ0) is 12.2. The van der Waals surface area contributed by atoms with Gasteiger partial charge in [0.2, 0.25) is 5.91 Å². The van der Waals surface area contributed by atoms with E-state index in [1.54, 1.807) is 0 Å². The number of likely N-dealkylation sites (N-methyl/N-ethyl adjacent to an activating group) is 1. The Balaban J connectivity index is 3.37. The number of primary amides is 1. The van der Waals surface area contributed by atoms with Crippen LogP contribution in [0.25, 0.3) is 0 Å². The Labute approximate surface area is 100 Å². The molecule has 16 heavy (non-hydrogen) atoms. The molecule has 0 aromatic carbocycles. The van der Waals surface area contributed by atoms with Gasteiger partial charge in [0.1, 0.15) is 0 Å². The minimum absolute atomic E-state index is 0.124. The van der Waals surface area contributed by atoms with Crippen molar-refractivity contribution < 1.29 is 4.79 Å². The van der Waals surface area contributed by atoms with Crippen LogP contribution in [0.2, 0.25) is 0 Å². The van der Waals surface area contributed by atoms with Gasteiger partial charge in [-0.25, -0.2) is 0 Å². The number of hydrogen-bond acceptors (Lipinski definition) is 2. The van der Waals surface area contributed by atoms with E-state index in [1.807, 2.05) is 6.92 Å². The predicted octanol–water partition coefficient (Wildman–Crippen LogP) is 2.59. The van der Waals surface area contributed by atoms with E-state index in [9.17, 15) is 4.79 Å². The smallest absolute Gasteiger partial charge is 0.234 e. The number of carbonyl (C=O) groups is 1.